The molecule has 17 heavy (non-hydrogen) atoms. The molecule has 6 heteroatoms. The van der Waals surface area contributed by atoms with E-state index in [1.54, 1.807) is 23.8 Å². The molecule has 1 aromatic carbocycles. The first-order valence-corrected chi connectivity index (χ1v) is 5.44. The van der Waals surface area contributed by atoms with E-state index in [0.717, 1.165) is 11.2 Å². The molecule has 0 aliphatic carbocycles. The zero-order valence-corrected chi connectivity index (χ0v) is 9.75. The first-order chi connectivity index (χ1) is 8.20. The van der Waals surface area contributed by atoms with Crippen LogP contribution in [0.25, 0.3) is 16.6 Å². The summed E-state index contributed by atoms with van der Waals surface area (Å²) in [6, 6.07) is 3.60. The van der Waals surface area contributed by atoms with Gasteiger partial charge in [0.25, 0.3) is 5.56 Å². The van der Waals surface area contributed by atoms with E-state index in [1.165, 1.54) is 6.20 Å². The molecule has 3 aromatic rings. The number of halogens is 1. The van der Waals surface area contributed by atoms with Crippen LogP contribution >= 0.6 is 11.6 Å². The minimum absolute atomic E-state index is 0.178. The predicted octanol–water partition coefficient (Wildman–Crippen LogP) is 1.87. The normalized spacial score (nSPS) is 11.2. The van der Waals surface area contributed by atoms with Gasteiger partial charge in [0.1, 0.15) is 5.52 Å². The highest BCUT2D eigenvalue weighted by Gasteiger charge is 2.08. The van der Waals surface area contributed by atoms with E-state index in [4.69, 9.17) is 11.6 Å². The van der Waals surface area contributed by atoms with E-state index in [0.29, 0.717) is 16.1 Å². The molecular weight excluding hydrogens is 240 g/mol. The van der Waals surface area contributed by atoms with Crippen LogP contribution in [0.5, 0.6) is 0 Å². The second-order valence-corrected chi connectivity index (χ2v) is 4.11. The van der Waals surface area contributed by atoms with Crippen molar-refractivity contribution in [3.05, 3.63) is 40.0 Å². The monoisotopic (exact) mass is 248 g/mol. The van der Waals surface area contributed by atoms with Gasteiger partial charge in [-0.25, -0.2) is 4.98 Å². The second kappa shape index (κ2) is 3.49. The summed E-state index contributed by atoms with van der Waals surface area (Å²) in [7, 11) is 1.80. The maximum absolute atomic E-state index is 11.7. The Bertz CT molecular complexity index is 774. The SMILES string of the molecule is CNc1cc2c(cc1Cl)[nH]c(=O)c1cncn12. The second-order valence-electron chi connectivity index (χ2n) is 3.70. The van der Waals surface area contributed by atoms with Crippen LogP contribution in [0.15, 0.2) is 29.5 Å². The highest BCUT2D eigenvalue weighted by molar-refractivity contribution is 6.34. The molecule has 5 nitrogen and oxygen atoms in total. The molecule has 0 saturated carbocycles. The number of aromatic nitrogens is 3. The standard InChI is InChI=1S/C11H9ClN4O/c1-13-7-3-9-8(2-6(7)12)15-11(17)10-4-14-5-16(9)10/h2-5,13H,1H3,(H,15,17). The topological polar surface area (TPSA) is 62.2 Å². The number of benzene rings is 1. The zero-order valence-electron chi connectivity index (χ0n) is 8.99. The number of nitrogens with zero attached hydrogens (tertiary/aromatic N) is 2. The average Bonchev–Trinajstić information content (AvgIpc) is 2.78. The number of hydrogen-bond donors (Lipinski definition) is 2. The number of anilines is 1. The van der Waals surface area contributed by atoms with Crippen LogP contribution in [0.1, 0.15) is 0 Å². The summed E-state index contributed by atoms with van der Waals surface area (Å²) in [6.07, 6.45) is 3.15. The lowest BCUT2D eigenvalue weighted by Crippen LogP contribution is -2.09. The Hall–Kier alpha value is -2.01. The molecule has 3 rings (SSSR count). The highest BCUT2D eigenvalue weighted by atomic mass is 35.5. The van der Waals surface area contributed by atoms with Crippen LogP contribution in [-0.4, -0.2) is 21.4 Å². The Morgan fingerprint density at radius 2 is 2.24 bits per heavy atom. The van der Waals surface area contributed by atoms with Crippen LogP contribution in [0.4, 0.5) is 5.69 Å². The van der Waals surface area contributed by atoms with E-state index in [-0.39, 0.29) is 5.56 Å². The summed E-state index contributed by atoms with van der Waals surface area (Å²) in [4.78, 5) is 18.5. The lowest BCUT2D eigenvalue weighted by Gasteiger charge is -2.07. The summed E-state index contributed by atoms with van der Waals surface area (Å²) < 4.78 is 1.74. The third-order valence-electron chi connectivity index (χ3n) is 2.73. The third kappa shape index (κ3) is 1.39. The van der Waals surface area contributed by atoms with Crippen LogP contribution in [0, 0.1) is 0 Å². The molecule has 0 aliphatic heterocycles. The molecule has 0 spiro atoms. The van der Waals surface area contributed by atoms with Gasteiger partial charge in [0.15, 0.2) is 0 Å². The van der Waals surface area contributed by atoms with Gasteiger partial charge < -0.3 is 10.3 Å². The molecule has 0 radical (unpaired) electrons. The van der Waals surface area contributed by atoms with Crippen molar-refractivity contribution in [1.29, 1.82) is 0 Å². The van der Waals surface area contributed by atoms with Crippen molar-refractivity contribution >= 4 is 33.8 Å². The minimum atomic E-state index is -0.178. The van der Waals surface area contributed by atoms with Crippen molar-refractivity contribution in [2.45, 2.75) is 0 Å². The van der Waals surface area contributed by atoms with Gasteiger partial charge in [0.2, 0.25) is 0 Å². The molecule has 0 fully saturated rings. The summed E-state index contributed by atoms with van der Waals surface area (Å²) in [6.45, 7) is 0. The van der Waals surface area contributed by atoms with Gasteiger partial charge in [0.05, 0.1) is 34.3 Å². The number of imidazole rings is 1. The lowest BCUT2D eigenvalue weighted by atomic mass is 10.2. The van der Waals surface area contributed by atoms with Crippen LogP contribution in [0.3, 0.4) is 0 Å². The fraction of sp³-hybridized carbons (Fsp3) is 0.0909. The van der Waals surface area contributed by atoms with Crippen molar-refractivity contribution in [2.75, 3.05) is 12.4 Å². The Labute approximate surface area is 101 Å². The summed E-state index contributed by atoms with van der Waals surface area (Å²) >= 11 is 6.07. The average molecular weight is 249 g/mol. The van der Waals surface area contributed by atoms with Crippen LogP contribution < -0.4 is 10.9 Å². The molecule has 0 bridgehead atoms. The Morgan fingerprint density at radius 3 is 3.00 bits per heavy atom. The minimum Gasteiger partial charge on any atom is -0.387 e. The molecule has 2 aromatic heterocycles. The number of aromatic amines is 1. The molecule has 0 unspecified atom stereocenters. The number of nitrogens with one attached hydrogen (secondary N) is 2. The summed E-state index contributed by atoms with van der Waals surface area (Å²) in [5.41, 5.74) is 2.68. The maximum atomic E-state index is 11.7. The number of fused-ring (bicyclic) bond motifs is 3. The molecule has 0 saturated heterocycles. The summed E-state index contributed by atoms with van der Waals surface area (Å²) in [5.74, 6) is 0. The molecule has 0 atom stereocenters. The zero-order chi connectivity index (χ0) is 12.0. The molecule has 2 N–H and O–H groups in total. The predicted molar refractivity (Wildman–Crippen MR) is 67.9 cm³/mol. The Kier molecular flexibility index (Phi) is 2.09. The van der Waals surface area contributed by atoms with E-state index in [1.807, 2.05) is 6.07 Å². The lowest BCUT2D eigenvalue weighted by molar-refractivity contribution is 1.16. The van der Waals surface area contributed by atoms with Crippen LogP contribution in [-0.2, 0) is 0 Å². The Balaban J connectivity index is 2.56. The quantitative estimate of drug-likeness (QED) is 0.691. The van der Waals surface area contributed by atoms with E-state index in [9.17, 15) is 4.79 Å². The van der Waals surface area contributed by atoms with Crippen molar-refractivity contribution < 1.29 is 0 Å². The summed E-state index contributed by atoms with van der Waals surface area (Å²) in [5, 5.41) is 3.57. The van der Waals surface area contributed by atoms with Crippen LogP contribution in [0.2, 0.25) is 5.02 Å². The number of rotatable bonds is 1. The molecule has 86 valence electrons. The van der Waals surface area contributed by atoms with E-state index in [2.05, 4.69) is 15.3 Å². The van der Waals surface area contributed by atoms with E-state index >= 15 is 0 Å². The van der Waals surface area contributed by atoms with Crippen molar-refractivity contribution in [3.63, 3.8) is 0 Å². The Morgan fingerprint density at radius 1 is 1.41 bits per heavy atom. The first kappa shape index (κ1) is 10.2. The highest BCUT2D eigenvalue weighted by Crippen LogP contribution is 2.26. The van der Waals surface area contributed by atoms with Gasteiger partial charge in [-0.3, -0.25) is 9.20 Å². The van der Waals surface area contributed by atoms with Gasteiger partial charge >= 0.3 is 0 Å². The van der Waals surface area contributed by atoms with Crippen molar-refractivity contribution in [2.24, 2.45) is 0 Å². The maximum Gasteiger partial charge on any atom is 0.274 e. The molecule has 0 aliphatic rings. The largest absolute Gasteiger partial charge is 0.387 e. The fourth-order valence-electron chi connectivity index (χ4n) is 1.89. The smallest absolute Gasteiger partial charge is 0.274 e. The van der Waals surface area contributed by atoms with Gasteiger partial charge in [0, 0.05) is 7.05 Å². The molecule has 2 heterocycles. The number of hydrogen-bond acceptors (Lipinski definition) is 3. The first-order valence-electron chi connectivity index (χ1n) is 5.06. The third-order valence-corrected chi connectivity index (χ3v) is 3.05. The van der Waals surface area contributed by atoms with E-state index < -0.39 is 0 Å². The molecular formula is C11H9ClN4O. The number of H-pyrrole nitrogens is 1. The van der Waals surface area contributed by atoms with Crippen molar-refractivity contribution in [3.8, 4) is 0 Å². The molecule has 0 amide bonds. The van der Waals surface area contributed by atoms with Gasteiger partial charge in [-0.1, -0.05) is 11.6 Å². The van der Waals surface area contributed by atoms with Gasteiger partial charge in [-0.15, -0.1) is 0 Å². The van der Waals surface area contributed by atoms with Crippen molar-refractivity contribution in [1.82, 2.24) is 14.4 Å². The van der Waals surface area contributed by atoms with Gasteiger partial charge in [-0.2, -0.15) is 0 Å². The fourth-order valence-corrected chi connectivity index (χ4v) is 2.15. The van der Waals surface area contributed by atoms with Gasteiger partial charge in [-0.05, 0) is 12.1 Å².